The first-order valence-electron chi connectivity index (χ1n) is 6.05. The van der Waals surface area contributed by atoms with Crippen LogP contribution < -0.4 is 0 Å². The summed E-state index contributed by atoms with van der Waals surface area (Å²) in [4.78, 5) is 35.6. The van der Waals surface area contributed by atoms with E-state index in [1.54, 1.807) is 4.90 Å². The molecule has 5 nitrogen and oxygen atoms in total. The smallest absolute Gasteiger partial charge is 0.305 e. The Morgan fingerprint density at radius 3 is 2.17 bits per heavy atom. The minimum absolute atomic E-state index is 0.0632. The van der Waals surface area contributed by atoms with Crippen molar-refractivity contribution in [2.75, 3.05) is 26.0 Å². The number of nitrogens with zero attached hydrogens (tertiary/aromatic N) is 1. The number of thioether (sulfide) groups is 1. The number of rotatable bonds is 8. The number of carbonyl (C=O) groups is 3. The molecule has 0 rings (SSSR count). The number of hydrogen-bond acceptors (Lipinski definition) is 5. The highest BCUT2D eigenvalue weighted by Crippen LogP contribution is 2.10. The third kappa shape index (κ3) is 7.32. The van der Waals surface area contributed by atoms with Crippen molar-refractivity contribution < 1.29 is 19.1 Å². The Morgan fingerprint density at radius 2 is 1.67 bits per heavy atom. The maximum absolute atomic E-state index is 11.6. The predicted molar refractivity (Wildman–Crippen MR) is 71.3 cm³/mol. The topological polar surface area (TPSA) is 63.7 Å². The molecule has 0 unspecified atom stereocenters. The van der Waals surface area contributed by atoms with Gasteiger partial charge in [0.05, 0.1) is 13.5 Å². The van der Waals surface area contributed by atoms with Crippen molar-refractivity contribution in [2.45, 2.75) is 33.1 Å². The molecular weight excluding hydrogens is 254 g/mol. The molecule has 0 aromatic rings. The molecule has 1 amide bonds. The number of esters is 1. The summed E-state index contributed by atoms with van der Waals surface area (Å²) in [7, 11) is 1.29. The Kier molecular flexibility index (Phi) is 9.36. The van der Waals surface area contributed by atoms with E-state index in [0.717, 1.165) is 11.8 Å². The highest BCUT2D eigenvalue weighted by molar-refractivity contribution is 8.13. The van der Waals surface area contributed by atoms with Gasteiger partial charge in [0.15, 0.2) is 5.12 Å². The Balaban J connectivity index is 3.74. The van der Waals surface area contributed by atoms with Crippen LogP contribution in [-0.2, 0) is 19.1 Å². The highest BCUT2D eigenvalue weighted by atomic mass is 32.2. The van der Waals surface area contributed by atoms with Crippen LogP contribution in [0.2, 0.25) is 0 Å². The summed E-state index contributed by atoms with van der Waals surface area (Å²) in [5, 5.41) is -0.0762. The molecule has 0 saturated heterocycles. The lowest BCUT2D eigenvalue weighted by molar-refractivity contribution is -0.141. The van der Waals surface area contributed by atoms with Crippen LogP contribution in [0.25, 0.3) is 0 Å². The van der Waals surface area contributed by atoms with Crippen molar-refractivity contribution in [3.05, 3.63) is 0 Å². The zero-order chi connectivity index (χ0) is 14.0. The Morgan fingerprint density at radius 1 is 1.06 bits per heavy atom. The fourth-order valence-electron chi connectivity index (χ4n) is 1.36. The molecule has 6 heteroatoms. The Hall–Kier alpha value is -1.04. The molecule has 0 aliphatic rings. The first kappa shape index (κ1) is 17.0. The number of carbonyl (C=O) groups excluding carboxylic acids is 3. The first-order chi connectivity index (χ1) is 8.54. The van der Waals surface area contributed by atoms with Gasteiger partial charge in [0.2, 0.25) is 5.91 Å². The van der Waals surface area contributed by atoms with Crippen molar-refractivity contribution in [3.63, 3.8) is 0 Å². The Labute approximate surface area is 112 Å². The van der Waals surface area contributed by atoms with E-state index in [-0.39, 0.29) is 29.8 Å². The maximum atomic E-state index is 11.6. The molecule has 0 heterocycles. The third-order valence-electron chi connectivity index (χ3n) is 2.46. The summed E-state index contributed by atoms with van der Waals surface area (Å²) in [6.07, 6.45) is 0.624. The zero-order valence-corrected chi connectivity index (χ0v) is 12.0. The zero-order valence-electron chi connectivity index (χ0n) is 11.2. The van der Waals surface area contributed by atoms with Crippen LogP contribution in [0.15, 0.2) is 0 Å². The van der Waals surface area contributed by atoms with Crippen LogP contribution in [0.4, 0.5) is 0 Å². The second-order valence-electron chi connectivity index (χ2n) is 3.61. The minimum Gasteiger partial charge on any atom is -0.469 e. The van der Waals surface area contributed by atoms with Gasteiger partial charge in [-0.3, -0.25) is 14.4 Å². The van der Waals surface area contributed by atoms with Gasteiger partial charge in [-0.15, -0.1) is 0 Å². The molecule has 0 aromatic heterocycles. The molecule has 104 valence electrons. The standard InChI is InChI=1S/C12H21NO4S/c1-4-13(5-2)10(14)8-9-18-12(16)7-6-11(15)17-3/h4-9H2,1-3H3. The van der Waals surface area contributed by atoms with Crippen molar-refractivity contribution >= 4 is 28.8 Å². The van der Waals surface area contributed by atoms with E-state index >= 15 is 0 Å². The molecular formula is C12H21NO4S. The largest absolute Gasteiger partial charge is 0.469 e. The molecule has 0 atom stereocenters. The van der Waals surface area contributed by atoms with Gasteiger partial charge in [-0.25, -0.2) is 0 Å². The molecule has 0 aliphatic carbocycles. The van der Waals surface area contributed by atoms with Gasteiger partial charge >= 0.3 is 5.97 Å². The van der Waals surface area contributed by atoms with E-state index in [0.29, 0.717) is 25.3 Å². The van der Waals surface area contributed by atoms with Gasteiger partial charge in [0.1, 0.15) is 0 Å². The van der Waals surface area contributed by atoms with Crippen molar-refractivity contribution in [1.29, 1.82) is 0 Å². The summed E-state index contributed by atoms with van der Waals surface area (Å²) in [6.45, 7) is 5.23. The number of methoxy groups -OCH3 is 1. The number of ether oxygens (including phenoxy) is 1. The molecule has 0 spiro atoms. The summed E-state index contributed by atoms with van der Waals surface area (Å²) in [6, 6.07) is 0. The van der Waals surface area contributed by atoms with Crippen LogP contribution in [0, 0.1) is 0 Å². The van der Waals surface area contributed by atoms with Crippen molar-refractivity contribution in [1.82, 2.24) is 4.90 Å². The van der Waals surface area contributed by atoms with Gasteiger partial charge in [-0.2, -0.15) is 0 Å². The van der Waals surface area contributed by atoms with E-state index < -0.39 is 0 Å². The average molecular weight is 275 g/mol. The lowest BCUT2D eigenvalue weighted by Gasteiger charge is -2.18. The highest BCUT2D eigenvalue weighted by Gasteiger charge is 2.11. The second kappa shape index (κ2) is 9.94. The molecule has 0 aromatic carbocycles. The van der Waals surface area contributed by atoms with Crippen LogP contribution in [0.5, 0.6) is 0 Å². The second-order valence-corrected chi connectivity index (χ2v) is 4.76. The molecule has 18 heavy (non-hydrogen) atoms. The minimum atomic E-state index is -0.386. The van der Waals surface area contributed by atoms with Crippen molar-refractivity contribution in [3.8, 4) is 0 Å². The lowest BCUT2D eigenvalue weighted by atomic mass is 10.3. The van der Waals surface area contributed by atoms with Gasteiger partial charge in [-0.1, -0.05) is 11.8 Å². The quantitative estimate of drug-likeness (QED) is 0.627. The van der Waals surface area contributed by atoms with Crippen LogP contribution in [-0.4, -0.2) is 47.8 Å². The van der Waals surface area contributed by atoms with E-state index in [2.05, 4.69) is 4.74 Å². The summed E-state index contributed by atoms with van der Waals surface area (Å²) in [5.74, 6) is 0.145. The third-order valence-corrected chi connectivity index (χ3v) is 3.39. The monoisotopic (exact) mass is 275 g/mol. The summed E-state index contributed by atoms with van der Waals surface area (Å²) in [5.41, 5.74) is 0. The number of hydrogen-bond donors (Lipinski definition) is 0. The van der Waals surface area contributed by atoms with E-state index in [9.17, 15) is 14.4 Å². The van der Waals surface area contributed by atoms with Crippen LogP contribution in [0.1, 0.15) is 33.1 Å². The fraction of sp³-hybridized carbons (Fsp3) is 0.750. The maximum Gasteiger partial charge on any atom is 0.305 e. The summed E-state index contributed by atoms with van der Waals surface area (Å²) >= 11 is 1.10. The Bertz CT molecular complexity index is 290. The number of amides is 1. The van der Waals surface area contributed by atoms with E-state index in [1.165, 1.54) is 7.11 Å². The molecule has 0 bridgehead atoms. The predicted octanol–water partition coefficient (Wildman–Crippen LogP) is 1.46. The van der Waals surface area contributed by atoms with Gasteiger partial charge in [0.25, 0.3) is 0 Å². The van der Waals surface area contributed by atoms with Gasteiger partial charge in [0, 0.05) is 31.7 Å². The van der Waals surface area contributed by atoms with Crippen LogP contribution in [0.3, 0.4) is 0 Å². The normalized spacial score (nSPS) is 9.94. The SMILES string of the molecule is CCN(CC)C(=O)CCSC(=O)CCC(=O)OC. The first-order valence-corrected chi connectivity index (χ1v) is 7.03. The lowest BCUT2D eigenvalue weighted by Crippen LogP contribution is -2.30. The fourth-order valence-corrected chi connectivity index (χ4v) is 2.12. The van der Waals surface area contributed by atoms with Crippen molar-refractivity contribution in [2.24, 2.45) is 0 Å². The molecule has 0 radical (unpaired) electrons. The molecule has 0 saturated carbocycles. The van der Waals surface area contributed by atoms with Gasteiger partial charge in [-0.05, 0) is 13.8 Å². The van der Waals surface area contributed by atoms with E-state index in [4.69, 9.17) is 0 Å². The molecule has 0 N–H and O–H groups in total. The molecule has 0 fully saturated rings. The van der Waals surface area contributed by atoms with Gasteiger partial charge < -0.3 is 9.64 Å². The molecule has 0 aliphatic heterocycles. The summed E-state index contributed by atoms with van der Waals surface area (Å²) < 4.78 is 4.44. The van der Waals surface area contributed by atoms with Crippen LogP contribution >= 0.6 is 11.8 Å². The average Bonchev–Trinajstić information content (AvgIpc) is 2.37. The van der Waals surface area contributed by atoms with E-state index in [1.807, 2.05) is 13.8 Å².